The van der Waals surface area contributed by atoms with E-state index in [0.29, 0.717) is 6.42 Å². The second-order valence-corrected chi connectivity index (χ2v) is 4.64. The molecule has 1 N–H and O–H groups in total. The summed E-state index contributed by atoms with van der Waals surface area (Å²) in [5.41, 5.74) is 2.82. The third-order valence-corrected chi connectivity index (χ3v) is 3.45. The zero-order chi connectivity index (χ0) is 11.7. The maximum atomic E-state index is 10.2. The van der Waals surface area contributed by atoms with Crippen molar-refractivity contribution in [1.29, 1.82) is 0 Å². The van der Waals surface area contributed by atoms with Crippen LogP contribution < -0.4 is 0 Å². The first kappa shape index (κ1) is 10.4. The average molecular weight is 245 g/mol. The largest absolute Gasteiger partial charge is 0.388 e. The zero-order valence-corrected chi connectivity index (χ0v) is 9.84. The van der Waals surface area contributed by atoms with Crippen molar-refractivity contribution in [3.63, 3.8) is 0 Å². The highest BCUT2D eigenvalue weighted by atomic mass is 32.1. The maximum Gasteiger partial charge on any atom is 0.0903 e. The van der Waals surface area contributed by atoms with Crippen LogP contribution in [0.3, 0.4) is 0 Å². The van der Waals surface area contributed by atoms with Crippen molar-refractivity contribution in [2.24, 2.45) is 0 Å². The van der Waals surface area contributed by atoms with Crippen molar-refractivity contribution in [3.8, 4) is 0 Å². The Hall–Kier alpha value is -1.72. The van der Waals surface area contributed by atoms with E-state index >= 15 is 0 Å². The van der Waals surface area contributed by atoms with E-state index in [1.54, 1.807) is 40.6 Å². The monoisotopic (exact) mass is 245 g/mol. The lowest BCUT2D eigenvalue weighted by Gasteiger charge is -2.07. The second kappa shape index (κ2) is 4.27. The van der Waals surface area contributed by atoms with Gasteiger partial charge >= 0.3 is 0 Å². The standard InChI is InChI=1S/C12H11N3OS/c16-12(5-9-1-4-17-8-9)10-6-14-15-3-2-13-7-11(10)15/h1-4,6-8,12,16H,5H2. The third kappa shape index (κ3) is 1.94. The number of fused-ring (bicyclic) bond motifs is 1. The highest BCUT2D eigenvalue weighted by Crippen LogP contribution is 2.22. The summed E-state index contributed by atoms with van der Waals surface area (Å²) in [4.78, 5) is 4.06. The minimum atomic E-state index is -0.536. The Morgan fingerprint density at radius 2 is 2.35 bits per heavy atom. The summed E-state index contributed by atoms with van der Waals surface area (Å²) in [6, 6.07) is 2.03. The van der Waals surface area contributed by atoms with Gasteiger partial charge in [0.15, 0.2) is 0 Å². The fourth-order valence-electron chi connectivity index (χ4n) is 1.85. The Kier molecular flexibility index (Phi) is 2.62. The van der Waals surface area contributed by atoms with Crippen LogP contribution in [-0.4, -0.2) is 19.7 Å². The molecular formula is C12H11N3OS. The first-order chi connectivity index (χ1) is 8.34. The fourth-order valence-corrected chi connectivity index (χ4v) is 2.53. The fraction of sp³-hybridized carbons (Fsp3) is 0.167. The van der Waals surface area contributed by atoms with E-state index in [0.717, 1.165) is 16.6 Å². The summed E-state index contributed by atoms with van der Waals surface area (Å²) in [5.74, 6) is 0. The molecule has 0 aromatic carbocycles. The van der Waals surface area contributed by atoms with Gasteiger partial charge in [-0.05, 0) is 22.4 Å². The molecule has 3 aromatic rings. The smallest absolute Gasteiger partial charge is 0.0903 e. The van der Waals surface area contributed by atoms with E-state index in [4.69, 9.17) is 0 Å². The summed E-state index contributed by atoms with van der Waals surface area (Å²) in [6.07, 6.45) is 6.95. The van der Waals surface area contributed by atoms with Crippen LogP contribution in [0.1, 0.15) is 17.2 Å². The molecule has 0 spiro atoms. The van der Waals surface area contributed by atoms with Gasteiger partial charge in [-0.1, -0.05) is 0 Å². The summed E-state index contributed by atoms with van der Waals surface area (Å²) in [5, 5.41) is 18.5. The SMILES string of the molecule is OC(Cc1ccsc1)c1cnn2ccncc12. The lowest BCUT2D eigenvalue weighted by atomic mass is 10.1. The van der Waals surface area contributed by atoms with Gasteiger partial charge in [-0.3, -0.25) is 4.98 Å². The first-order valence-corrected chi connectivity index (χ1v) is 6.25. The van der Waals surface area contributed by atoms with Crippen LogP contribution in [-0.2, 0) is 6.42 Å². The lowest BCUT2D eigenvalue weighted by Crippen LogP contribution is -2.00. The number of aliphatic hydroxyl groups excluding tert-OH is 1. The van der Waals surface area contributed by atoms with Crippen LogP contribution in [0.5, 0.6) is 0 Å². The molecule has 0 fully saturated rings. The summed E-state index contributed by atoms with van der Waals surface area (Å²) < 4.78 is 1.72. The van der Waals surface area contributed by atoms with Crippen molar-refractivity contribution >= 4 is 16.9 Å². The van der Waals surface area contributed by atoms with E-state index in [2.05, 4.69) is 10.1 Å². The molecule has 3 rings (SSSR count). The Morgan fingerprint density at radius 1 is 1.41 bits per heavy atom. The third-order valence-electron chi connectivity index (χ3n) is 2.72. The summed E-state index contributed by atoms with van der Waals surface area (Å²) >= 11 is 1.64. The molecule has 4 nitrogen and oxygen atoms in total. The number of aliphatic hydroxyl groups is 1. The van der Waals surface area contributed by atoms with Gasteiger partial charge in [-0.25, -0.2) is 4.52 Å². The molecule has 0 radical (unpaired) electrons. The second-order valence-electron chi connectivity index (χ2n) is 3.86. The molecule has 0 bridgehead atoms. The van der Waals surface area contributed by atoms with Crippen molar-refractivity contribution < 1.29 is 5.11 Å². The number of hydrogen-bond donors (Lipinski definition) is 1. The van der Waals surface area contributed by atoms with Crippen molar-refractivity contribution in [1.82, 2.24) is 14.6 Å². The van der Waals surface area contributed by atoms with E-state index in [9.17, 15) is 5.11 Å². The maximum absolute atomic E-state index is 10.2. The molecule has 1 unspecified atom stereocenters. The molecule has 0 amide bonds. The van der Waals surface area contributed by atoms with E-state index in [-0.39, 0.29) is 0 Å². The van der Waals surface area contributed by atoms with Crippen LogP contribution in [0.15, 0.2) is 41.6 Å². The van der Waals surface area contributed by atoms with Gasteiger partial charge in [0, 0.05) is 24.4 Å². The van der Waals surface area contributed by atoms with Crippen molar-refractivity contribution in [2.75, 3.05) is 0 Å². The molecule has 0 aliphatic heterocycles. The quantitative estimate of drug-likeness (QED) is 0.768. The van der Waals surface area contributed by atoms with E-state index < -0.39 is 6.10 Å². The van der Waals surface area contributed by atoms with Gasteiger partial charge in [-0.2, -0.15) is 16.4 Å². The normalized spacial score (nSPS) is 13.0. The minimum Gasteiger partial charge on any atom is -0.388 e. The van der Waals surface area contributed by atoms with Crippen LogP contribution in [0.4, 0.5) is 0 Å². The molecule has 0 aliphatic rings. The van der Waals surface area contributed by atoms with Crippen LogP contribution in [0.25, 0.3) is 5.52 Å². The van der Waals surface area contributed by atoms with Gasteiger partial charge < -0.3 is 5.11 Å². The zero-order valence-electron chi connectivity index (χ0n) is 9.02. The van der Waals surface area contributed by atoms with Crippen LogP contribution >= 0.6 is 11.3 Å². The Labute approximate surface area is 102 Å². The first-order valence-electron chi connectivity index (χ1n) is 5.31. The van der Waals surface area contributed by atoms with Crippen molar-refractivity contribution in [3.05, 3.63) is 52.7 Å². The van der Waals surface area contributed by atoms with Crippen molar-refractivity contribution in [2.45, 2.75) is 12.5 Å². The number of rotatable bonds is 3. The van der Waals surface area contributed by atoms with Gasteiger partial charge in [0.25, 0.3) is 0 Å². The van der Waals surface area contributed by atoms with Crippen LogP contribution in [0, 0.1) is 0 Å². The Morgan fingerprint density at radius 3 is 3.18 bits per heavy atom. The molecule has 3 heterocycles. The predicted octanol–water partition coefficient (Wildman–Crippen LogP) is 2.07. The van der Waals surface area contributed by atoms with Gasteiger partial charge in [0.2, 0.25) is 0 Å². The molecule has 5 heteroatoms. The summed E-state index contributed by atoms with van der Waals surface area (Å²) in [7, 11) is 0. The highest BCUT2D eigenvalue weighted by molar-refractivity contribution is 7.07. The predicted molar refractivity (Wildman–Crippen MR) is 66.0 cm³/mol. The molecule has 1 atom stereocenters. The molecule has 17 heavy (non-hydrogen) atoms. The molecule has 3 aromatic heterocycles. The molecule has 0 aliphatic carbocycles. The highest BCUT2D eigenvalue weighted by Gasteiger charge is 2.14. The number of aromatic nitrogens is 3. The van der Waals surface area contributed by atoms with Gasteiger partial charge in [-0.15, -0.1) is 0 Å². The van der Waals surface area contributed by atoms with Gasteiger partial charge in [0.05, 0.1) is 24.0 Å². The topological polar surface area (TPSA) is 50.4 Å². The number of hydrogen-bond acceptors (Lipinski definition) is 4. The number of thiophene rings is 1. The Bertz CT molecular complexity index is 618. The summed E-state index contributed by atoms with van der Waals surface area (Å²) in [6.45, 7) is 0. The van der Waals surface area contributed by atoms with Gasteiger partial charge in [0.1, 0.15) is 0 Å². The van der Waals surface area contributed by atoms with E-state index in [1.807, 2.05) is 16.8 Å². The Balaban J connectivity index is 1.93. The lowest BCUT2D eigenvalue weighted by molar-refractivity contribution is 0.180. The minimum absolute atomic E-state index is 0.536. The molecule has 0 saturated heterocycles. The molecule has 0 saturated carbocycles. The average Bonchev–Trinajstić information content (AvgIpc) is 2.96. The molecule has 86 valence electrons. The van der Waals surface area contributed by atoms with Crippen LogP contribution in [0.2, 0.25) is 0 Å². The number of nitrogens with zero attached hydrogens (tertiary/aromatic N) is 3. The van der Waals surface area contributed by atoms with E-state index in [1.165, 1.54) is 0 Å². The molecular weight excluding hydrogens is 234 g/mol.